The number of hydrogen-bond donors (Lipinski definition) is 1. The van der Waals surface area contributed by atoms with Gasteiger partial charge in [0.25, 0.3) is 5.91 Å². The van der Waals surface area contributed by atoms with Gasteiger partial charge in [-0.2, -0.15) is 0 Å². The average Bonchev–Trinajstić information content (AvgIpc) is 3.20. The molecule has 1 aliphatic rings. The summed E-state index contributed by atoms with van der Waals surface area (Å²) < 4.78 is 6.74. The Kier molecular flexibility index (Phi) is 5.09. The van der Waals surface area contributed by atoms with Crippen LogP contribution in [0.25, 0.3) is 16.7 Å². The van der Waals surface area contributed by atoms with E-state index < -0.39 is 5.97 Å². The molecule has 1 saturated heterocycles. The van der Waals surface area contributed by atoms with Crippen molar-refractivity contribution >= 4 is 69.2 Å². The molecule has 1 amide bonds. The molecule has 2 aromatic rings. The molecular weight excluding hydrogens is 390 g/mol. The quantitative estimate of drug-likeness (QED) is 0.595. The maximum atomic E-state index is 12.3. The van der Waals surface area contributed by atoms with E-state index in [1.165, 1.54) is 16.2 Å². The number of carboxylic acid groups (broad SMARTS) is 1. The highest BCUT2D eigenvalue weighted by molar-refractivity contribution is 8.26. The first-order chi connectivity index (χ1) is 11.4. The molecular formula is C15H10ClNO4S3. The standard InChI is InChI=1S/C15H10ClNO4S3/c16-12-4-3-10(23-12)9-2-1-8(21-9)7-11-14(20)17(15(22)24-11)6-5-13(18)19/h1-4,7H,5-6H2,(H,18,19). The molecule has 0 aromatic carbocycles. The van der Waals surface area contributed by atoms with E-state index in [1.54, 1.807) is 24.3 Å². The van der Waals surface area contributed by atoms with Crippen LogP contribution in [0.2, 0.25) is 4.34 Å². The molecule has 124 valence electrons. The Morgan fingerprint density at radius 3 is 2.83 bits per heavy atom. The Labute approximate surface area is 155 Å². The van der Waals surface area contributed by atoms with E-state index in [0.717, 1.165) is 16.6 Å². The van der Waals surface area contributed by atoms with Gasteiger partial charge in [-0.25, -0.2) is 0 Å². The van der Waals surface area contributed by atoms with Crippen LogP contribution < -0.4 is 0 Å². The zero-order valence-corrected chi connectivity index (χ0v) is 15.2. The van der Waals surface area contributed by atoms with Gasteiger partial charge in [0, 0.05) is 12.6 Å². The number of carbonyl (C=O) groups is 2. The minimum atomic E-state index is -0.974. The number of halogens is 1. The van der Waals surface area contributed by atoms with Crippen LogP contribution in [0.5, 0.6) is 0 Å². The van der Waals surface area contributed by atoms with E-state index in [1.807, 2.05) is 6.07 Å². The van der Waals surface area contributed by atoms with Gasteiger partial charge in [0.05, 0.1) is 20.5 Å². The fraction of sp³-hybridized carbons (Fsp3) is 0.133. The van der Waals surface area contributed by atoms with Crippen LogP contribution >= 0.6 is 46.9 Å². The lowest BCUT2D eigenvalue weighted by molar-refractivity contribution is -0.137. The number of nitrogens with zero attached hydrogens (tertiary/aromatic N) is 1. The molecule has 0 radical (unpaired) electrons. The summed E-state index contributed by atoms with van der Waals surface area (Å²) in [5.41, 5.74) is 0. The summed E-state index contributed by atoms with van der Waals surface area (Å²) >= 11 is 13.6. The highest BCUT2D eigenvalue weighted by Crippen LogP contribution is 2.35. The van der Waals surface area contributed by atoms with Crippen LogP contribution in [0.15, 0.2) is 33.6 Å². The smallest absolute Gasteiger partial charge is 0.305 e. The Morgan fingerprint density at radius 2 is 2.17 bits per heavy atom. The summed E-state index contributed by atoms with van der Waals surface area (Å²) in [5.74, 6) is -0.0885. The monoisotopic (exact) mass is 399 g/mol. The van der Waals surface area contributed by atoms with Crippen molar-refractivity contribution in [2.24, 2.45) is 0 Å². The number of rotatable bonds is 5. The first kappa shape index (κ1) is 17.2. The topological polar surface area (TPSA) is 70.8 Å². The molecule has 1 fully saturated rings. The molecule has 3 heterocycles. The molecule has 0 spiro atoms. The maximum Gasteiger partial charge on any atom is 0.305 e. The summed E-state index contributed by atoms with van der Waals surface area (Å²) in [6, 6.07) is 7.21. The SMILES string of the molecule is O=C(O)CCN1C(=O)C(=Cc2ccc(-c3ccc(Cl)s3)o2)SC1=S. The summed E-state index contributed by atoms with van der Waals surface area (Å²) in [4.78, 5) is 25.6. The largest absolute Gasteiger partial charge is 0.481 e. The number of aliphatic carboxylic acids is 1. The van der Waals surface area contributed by atoms with Crippen LogP contribution in [0.3, 0.4) is 0 Å². The first-order valence-electron chi connectivity index (χ1n) is 6.77. The summed E-state index contributed by atoms with van der Waals surface area (Å²) in [5, 5.41) is 8.73. The molecule has 0 saturated carbocycles. The van der Waals surface area contributed by atoms with Gasteiger partial charge in [0.15, 0.2) is 0 Å². The van der Waals surface area contributed by atoms with E-state index in [4.69, 9.17) is 33.3 Å². The van der Waals surface area contributed by atoms with Crippen LogP contribution in [-0.2, 0) is 9.59 Å². The maximum absolute atomic E-state index is 12.3. The second-order valence-corrected chi connectivity index (χ2v) is 8.17. The van der Waals surface area contributed by atoms with E-state index in [0.29, 0.717) is 25.1 Å². The normalized spacial score (nSPS) is 16.4. The Balaban J connectivity index is 1.77. The number of amides is 1. The number of carboxylic acids is 1. The van der Waals surface area contributed by atoms with Crippen molar-refractivity contribution in [1.82, 2.24) is 4.90 Å². The van der Waals surface area contributed by atoms with Gasteiger partial charge < -0.3 is 9.52 Å². The van der Waals surface area contributed by atoms with Gasteiger partial charge >= 0.3 is 5.97 Å². The number of carbonyl (C=O) groups excluding carboxylic acids is 1. The number of furan rings is 1. The molecule has 0 aliphatic carbocycles. The molecule has 1 aliphatic heterocycles. The summed E-state index contributed by atoms with van der Waals surface area (Å²) in [7, 11) is 0. The third-order valence-electron chi connectivity index (χ3n) is 3.14. The van der Waals surface area contributed by atoms with Crippen molar-refractivity contribution in [3.05, 3.63) is 39.3 Å². The minimum absolute atomic E-state index is 0.0639. The van der Waals surface area contributed by atoms with Crippen LogP contribution in [0, 0.1) is 0 Å². The van der Waals surface area contributed by atoms with Gasteiger partial charge in [0.1, 0.15) is 15.8 Å². The first-order valence-corrected chi connectivity index (χ1v) is 9.18. The Morgan fingerprint density at radius 1 is 1.38 bits per heavy atom. The zero-order valence-electron chi connectivity index (χ0n) is 12.0. The van der Waals surface area contributed by atoms with Crippen LogP contribution in [-0.4, -0.2) is 32.7 Å². The number of thioether (sulfide) groups is 1. The molecule has 0 atom stereocenters. The highest BCUT2D eigenvalue weighted by Gasteiger charge is 2.32. The van der Waals surface area contributed by atoms with E-state index in [2.05, 4.69) is 0 Å². The van der Waals surface area contributed by atoms with Gasteiger partial charge in [-0.15, -0.1) is 11.3 Å². The Hall–Kier alpha value is -1.61. The predicted octanol–water partition coefficient (Wildman–Crippen LogP) is 4.34. The lowest BCUT2D eigenvalue weighted by Gasteiger charge is -2.12. The fourth-order valence-corrected chi connectivity index (χ4v) is 4.33. The number of thiophene rings is 1. The van der Waals surface area contributed by atoms with Gasteiger partial charge in [-0.1, -0.05) is 35.6 Å². The van der Waals surface area contributed by atoms with Crippen molar-refractivity contribution in [3.63, 3.8) is 0 Å². The Bertz CT molecular complexity index is 855. The molecule has 1 N–H and O–H groups in total. The second kappa shape index (κ2) is 7.10. The highest BCUT2D eigenvalue weighted by atomic mass is 35.5. The van der Waals surface area contributed by atoms with Crippen molar-refractivity contribution < 1.29 is 19.1 Å². The average molecular weight is 400 g/mol. The summed E-state index contributed by atoms with van der Waals surface area (Å²) in [6.45, 7) is 0.0639. The van der Waals surface area contributed by atoms with E-state index in [9.17, 15) is 9.59 Å². The van der Waals surface area contributed by atoms with Crippen LogP contribution in [0.4, 0.5) is 0 Å². The van der Waals surface area contributed by atoms with E-state index in [-0.39, 0.29) is 18.9 Å². The lowest BCUT2D eigenvalue weighted by atomic mass is 10.3. The summed E-state index contributed by atoms with van der Waals surface area (Å²) in [6.07, 6.45) is 1.46. The number of thiocarbonyl (C=S) groups is 1. The minimum Gasteiger partial charge on any atom is -0.481 e. The molecule has 9 heteroatoms. The molecule has 0 bridgehead atoms. The van der Waals surface area contributed by atoms with Gasteiger partial charge in [-0.3, -0.25) is 14.5 Å². The van der Waals surface area contributed by atoms with Crippen molar-refractivity contribution in [2.45, 2.75) is 6.42 Å². The fourth-order valence-electron chi connectivity index (χ4n) is 2.04. The van der Waals surface area contributed by atoms with Gasteiger partial charge in [0.2, 0.25) is 0 Å². The zero-order chi connectivity index (χ0) is 17.3. The van der Waals surface area contributed by atoms with Crippen molar-refractivity contribution in [1.29, 1.82) is 0 Å². The van der Waals surface area contributed by atoms with E-state index >= 15 is 0 Å². The molecule has 2 aromatic heterocycles. The number of hydrogen-bond acceptors (Lipinski definition) is 6. The van der Waals surface area contributed by atoms with Crippen molar-refractivity contribution in [2.75, 3.05) is 6.54 Å². The molecule has 5 nitrogen and oxygen atoms in total. The third kappa shape index (κ3) is 3.72. The van der Waals surface area contributed by atoms with Crippen LogP contribution in [0.1, 0.15) is 12.2 Å². The molecule has 24 heavy (non-hydrogen) atoms. The van der Waals surface area contributed by atoms with Crippen molar-refractivity contribution in [3.8, 4) is 10.6 Å². The predicted molar refractivity (Wildman–Crippen MR) is 99.2 cm³/mol. The molecule has 3 rings (SSSR count). The second-order valence-electron chi connectivity index (χ2n) is 4.78. The third-order valence-corrected chi connectivity index (χ3v) is 5.76. The lowest BCUT2D eigenvalue weighted by Crippen LogP contribution is -2.30. The molecule has 0 unspecified atom stereocenters. The van der Waals surface area contributed by atoms with Gasteiger partial charge in [-0.05, 0) is 24.3 Å².